The second kappa shape index (κ2) is 9.58. The molecule has 0 aliphatic carbocycles. The molecule has 1 aromatic rings. The summed E-state index contributed by atoms with van der Waals surface area (Å²) < 4.78 is 0. The zero-order valence-electron chi connectivity index (χ0n) is 14.2. The van der Waals surface area contributed by atoms with Crippen LogP contribution in [0.15, 0.2) is 43.0 Å². The van der Waals surface area contributed by atoms with E-state index in [2.05, 4.69) is 22.5 Å². The molecular formula is C18H24N4O3. The van der Waals surface area contributed by atoms with Gasteiger partial charge in [0, 0.05) is 31.2 Å². The van der Waals surface area contributed by atoms with Gasteiger partial charge in [-0.1, -0.05) is 24.3 Å². The van der Waals surface area contributed by atoms with Crippen molar-refractivity contribution < 1.29 is 14.4 Å². The molecule has 1 aliphatic heterocycles. The van der Waals surface area contributed by atoms with Crippen LogP contribution in [0.5, 0.6) is 0 Å². The Morgan fingerprint density at radius 3 is 2.48 bits per heavy atom. The fourth-order valence-electron chi connectivity index (χ4n) is 2.67. The van der Waals surface area contributed by atoms with E-state index in [0.29, 0.717) is 25.2 Å². The van der Waals surface area contributed by atoms with E-state index in [1.807, 2.05) is 23.1 Å². The first-order chi connectivity index (χ1) is 12.1. The van der Waals surface area contributed by atoms with Crippen molar-refractivity contribution in [2.24, 2.45) is 0 Å². The Bertz CT molecular complexity index is 610. The molecule has 4 amide bonds. The molecule has 3 N–H and O–H groups in total. The highest BCUT2D eigenvalue weighted by Crippen LogP contribution is 2.11. The van der Waals surface area contributed by atoms with Crippen LogP contribution in [0.1, 0.15) is 23.2 Å². The first-order valence-electron chi connectivity index (χ1n) is 8.35. The van der Waals surface area contributed by atoms with E-state index in [1.165, 1.54) is 0 Å². The molecule has 1 aromatic carbocycles. The fourth-order valence-corrected chi connectivity index (χ4v) is 2.67. The van der Waals surface area contributed by atoms with Gasteiger partial charge in [0.15, 0.2) is 0 Å². The molecule has 7 nitrogen and oxygen atoms in total. The van der Waals surface area contributed by atoms with E-state index >= 15 is 0 Å². The van der Waals surface area contributed by atoms with Crippen LogP contribution in [0.25, 0.3) is 0 Å². The van der Waals surface area contributed by atoms with Gasteiger partial charge in [0.25, 0.3) is 5.91 Å². The number of hydrogen-bond acceptors (Lipinski definition) is 4. The van der Waals surface area contributed by atoms with Gasteiger partial charge in [-0.05, 0) is 25.0 Å². The maximum atomic E-state index is 12.1. The molecule has 1 aliphatic rings. The molecule has 0 atom stereocenters. The number of carbonyl (C=O) groups excluding carboxylic acids is 3. The van der Waals surface area contributed by atoms with Crippen molar-refractivity contribution in [3.05, 3.63) is 48.6 Å². The molecule has 0 radical (unpaired) electrons. The quantitative estimate of drug-likeness (QED) is 0.669. The van der Waals surface area contributed by atoms with E-state index in [1.54, 1.807) is 18.2 Å². The number of likely N-dealkylation sites (tertiary alicyclic amines) is 1. The first kappa shape index (κ1) is 18.7. The van der Waals surface area contributed by atoms with Crippen LogP contribution in [-0.4, -0.2) is 55.0 Å². The number of benzene rings is 1. The summed E-state index contributed by atoms with van der Waals surface area (Å²) in [6.07, 6.45) is 3.08. The fraction of sp³-hybridized carbons (Fsp3) is 0.389. The smallest absolute Gasteiger partial charge is 0.321 e. The third kappa shape index (κ3) is 6.39. The number of nitrogens with zero attached hydrogens (tertiary/aromatic N) is 1. The Morgan fingerprint density at radius 1 is 1.16 bits per heavy atom. The number of amides is 4. The third-order valence-corrected chi connectivity index (χ3v) is 3.99. The van der Waals surface area contributed by atoms with Crippen LogP contribution in [0.2, 0.25) is 0 Å². The highest BCUT2D eigenvalue weighted by atomic mass is 16.2. The number of nitrogens with one attached hydrogen (secondary N) is 3. The SMILES string of the molecule is C=CCNC(=O)NC(=O)CN1CCC(NC(=O)c2ccccc2)CC1. The average molecular weight is 344 g/mol. The molecule has 0 unspecified atom stereocenters. The first-order valence-corrected chi connectivity index (χ1v) is 8.35. The van der Waals surface area contributed by atoms with Gasteiger partial charge in [0.1, 0.15) is 0 Å². The summed E-state index contributed by atoms with van der Waals surface area (Å²) >= 11 is 0. The van der Waals surface area contributed by atoms with Gasteiger partial charge in [-0.15, -0.1) is 6.58 Å². The summed E-state index contributed by atoms with van der Waals surface area (Å²) in [5, 5.41) is 7.79. The molecule has 0 bridgehead atoms. The lowest BCUT2D eigenvalue weighted by atomic mass is 10.0. The zero-order valence-corrected chi connectivity index (χ0v) is 14.2. The van der Waals surface area contributed by atoms with E-state index in [-0.39, 0.29) is 24.4 Å². The average Bonchev–Trinajstić information content (AvgIpc) is 2.62. The van der Waals surface area contributed by atoms with Gasteiger partial charge < -0.3 is 10.6 Å². The van der Waals surface area contributed by atoms with Gasteiger partial charge in [-0.25, -0.2) is 4.79 Å². The van der Waals surface area contributed by atoms with Crippen molar-refractivity contribution in [1.29, 1.82) is 0 Å². The molecule has 25 heavy (non-hydrogen) atoms. The topological polar surface area (TPSA) is 90.5 Å². The van der Waals surface area contributed by atoms with Gasteiger partial charge in [0.05, 0.1) is 6.54 Å². The van der Waals surface area contributed by atoms with Crippen molar-refractivity contribution in [2.75, 3.05) is 26.2 Å². The number of urea groups is 1. The van der Waals surface area contributed by atoms with Crippen molar-refractivity contribution in [3.8, 4) is 0 Å². The van der Waals surface area contributed by atoms with E-state index in [0.717, 1.165) is 12.8 Å². The summed E-state index contributed by atoms with van der Waals surface area (Å²) in [4.78, 5) is 37.3. The molecule has 1 heterocycles. The molecule has 0 saturated carbocycles. The van der Waals surface area contributed by atoms with Gasteiger partial charge in [0.2, 0.25) is 5.91 Å². The maximum absolute atomic E-state index is 12.1. The minimum Gasteiger partial charge on any atom is -0.349 e. The van der Waals surface area contributed by atoms with Crippen LogP contribution >= 0.6 is 0 Å². The summed E-state index contributed by atoms with van der Waals surface area (Å²) in [5.41, 5.74) is 0.648. The second-order valence-corrected chi connectivity index (χ2v) is 5.94. The summed E-state index contributed by atoms with van der Waals surface area (Å²) in [5.74, 6) is -0.413. The Balaban J connectivity index is 1.69. The van der Waals surface area contributed by atoms with Gasteiger partial charge in [-0.2, -0.15) is 0 Å². The Hall–Kier alpha value is -2.67. The van der Waals surface area contributed by atoms with Crippen molar-refractivity contribution >= 4 is 17.8 Å². The Labute approximate surface area is 147 Å². The van der Waals surface area contributed by atoms with Crippen molar-refractivity contribution in [3.63, 3.8) is 0 Å². The molecule has 7 heteroatoms. The van der Waals surface area contributed by atoms with Gasteiger partial charge in [-0.3, -0.25) is 19.8 Å². The molecule has 2 rings (SSSR count). The maximum Gasteiger partial charge on any atom is 0.321 e. The third-order valence-electron chi connectivity index (χ3n) is 3.99. The van der Waals surface area contributed by atoms with Gasteiger partial charge >= 0.3 is 6.03 Å². The van der Waals surface area contributed by atoms with Crippen LogP contribution in [-0.2, 0) is 4.79 Å². The lowest BCUT2D eigenvalue weighted by Gasteiger charge is -2.31. The minimum absolute atomic E-state index is 0.0734. The van der Waals surface area contributed by atoms with Crippen LogP contribution in [0, 0.1) is 0 Å². The van der Waals surface area contributed by atoms with Crippen molar-refractivity contribution in [1.82, 2.24) is 20.9 Å². The number of hydrogen-bond donors (Lipinski definition) is 3. The molecule has 0 aromatic heterocycles. The lowest BCUT2D eigenvalue weighted by Crippen LogP contribution is -2.49. The highest BCUT2D eigenvalue weighted by molar-refractivity contribution is 5.95. The standard InChI is InChI=1S/C18H24N4O3/c1-2-10-19-18(25)21-16(23)13-22-11-8-15(9-12-22)20-17(24)14-6-4-3-5-7-14/h2-7,15H,1,8-13H2,(H,20,24)(H2,19,21,23,25). The lowest BCUT2D eigenvalue weighted by molar-refractivity contribution is -0.121. The normalized spacial score (nSPS) is 15.2. The second-order valence-electron chi connectivity index (χ2n) is 5.94. The Morgan fingerprint density at radius 2 is 1.84 bits per heavy atom. The van der Waals surface area contributed by atoms with E-state index < -0.39 is 6.03 Å². The van der Waals surface area contributed by atoms with Crippen LogP contribution in [0.4, 0.5) is 4.79 Å². The summed E-state index contributed by atoms with van der Waals surface area (Å²) in [6.45, 7) is 5.36. The predicted octanol–water partition coefficient (Wildman–Crippen LogP) is 0.893. The molecule has 0 spiro atoms. The number of imide groups is 1. The monoisotopic (exact) mass is 344 g/mol. The Kier molecular flexibility index (Phi) is 7.16. The van der Waals surface area contributed by atoms with Crippen molar-refractivity contribution in [2.45, 2.75) is 18.9 Å². The largest absolute Gasteiger partial charge is 0.349 e. The number of rotatable bonds is 6. The summed E-state index contributed by atoms with van der Waals surface area (Å²) in [7, 11) is 0. The summed E-state index contributed by atoms with van der Waals surface area (Å²) in [6, 6.07) is 8.69. The number of piperidine rings is 1. The molecule has 1 fully saturated rings. The van der Waals surface area contributed by atoms with E-state index in [4.69, 9.17) is 0 Å². The minimum atomic E-state index is -0.519. The molecular weight excluding hydrogens is 320 g/mol. The van der Waals surface area contributed by atoms with E-state index in [9.17, 15) is 14.4 Å². The number of carbonyl (C=O) groups is 3. The molecule has 134 valence electrons. The molecule has 1 saturated heterocycles. The predicted molar refractivity (Wildman–Crippen MR) is 95.1 cm³/mol. The van der Waals surface area contributed by atoms with Crippen LogP contribution < -0.4 is 16.0 Å². The van der Waals surface area contributed by atoms with Crippen LogP contribution in [0.3, 0.4) is 0 Å². The zero-order chi connectivity index (χ0) is 18.1. The highest BCUT2D eigenvalue weighted by Gasteiger charge is 2.22.